The lowest BCUT2D eigenvalue weighted by Gasteiger charge is -2.28. The van der Waals surface area contributed by atoms with Crippen LogP contribution in [0, 0.1) is 0 Å². The van der Waals surface area contributed by atoms with E-state index in [1.807, 2.05) is 7.05 Å². The van der Waals surface area contributed by atoms with Gasteiger partial charge in [0.05, 0.1) is 6.54 Å². The van der Waals surface area contributed by atoms with Gasteiger partial charge in [-0.25, -0.2) is 4.98 Å². The number of halogens is 1. The van der Waals surface area contributed by atoms with Crippen LogP contribution in [0.3, 0.4) is 0 Å². The standard InChI is InChI=1S/C17H25N7.HI/c1-13(24-9-8-14-6-4-5-7-15(14)24)10-19-17(18-2)20-11-16-21-12-22-23(16)3;/h4-7,12-13H,8-11H2,1-3H3,(H2,18,19,20);1H. The quantitative estimate of drug-likeness (QED) is 0.407. The molecule has 2 aromatic rings. The van der Waals surface area contributed by atoms with E-state index in [1.54, 1.807) is 18.1 Å². The summed E-state index contributed by atoms with van der Waals surface area (Å²) in [5.74, 6) is 1.65. The Morgan fingerprint density at radius 1 is 1.32 bits per heavy atom. The van der Waals surface area contributed by atoms with Crippen molar-refractivity contribution in [3.63, 3.8) is 0 Å². The second kappa shape index (κ2) is 9.02. The minimum absolute atomic E-state index is 0. The number of rotatable bonds is 5. The van der Waals surface area contributed by atoms with Crippen LogP contribution in [0.1, 0.15) is 18.3 Å². The summed E-state index contributed by atoms with van der Waals surface area (Å²) < 4.78 is 1.75. The van der Waals surface area contributed by atoms with Crippen LogP contribution in [0.5, 0.6) is 0 Å². The molecule has 0 amide bonds. The largest absolute Gasteiger partial charge is 0.366 e. The molecule has 0 bridgehead atoms. The number of guanidine groups is 1. The molecular formula is C17H26IN7. The highest BCUT2D eigenvalue weighted by atomic mass is 127. The second-order valence-electron chi connectivity index (χ2n) is 6.03. The monoisotopic (exact) mass is 455 g/mol. The van der Waals surface area contributed by atoms with Crippen LogP contribution in [0.15, 0.2) is 35.6 Å². The number of fused-ring (bicyclic) bond motifs is 1. The van der Waals surface area contributed by atoms with Gasteiger partial charge in [0.2, 0.25) is 0 Å². The Morgan fingerprint density at radius 2 is 2.12 bits per heavy atom. The highest BCUT2D eigenvalue weighted by Gasteiger charge is 2.22. The van der Waals surface area contributed by atoms with Crippen LogP contribution in [0.4, 0.5) is 5.69 Å². The predicted molar refractivity (Wildman–Crippen MR) is 112 cm³/mol. The summed E-state index contributed by atoms with van der Waals surface area (Å²) in [6, 6.07) is 9.04. The lowest BCUT2D eigenvalue weighted by molar-refractivity contribution is 0.620. The van der Waals surface area contributed by atoms with Gasteiger partial charge in [-0.05, 0) is 25.0 Å². The van der Waals surface area contributed by atoms with Crippen molar-refractivity contribution >= 4 is 35.6 Å². The fourth-order valence-electron chi connectivity index (χ4n) is 3.04. The van der Waals surface area contributed by atoms with Gasteiger partial charge in [0, 0.05) is 38.9 Å². The van der Waals surface area contributed by atoms with Gasteiger partial charge >= 0.3 is 0 Å². The molecule has 0 saturated carbocycles. The number of aryl methyl sites for hydroxylation is 1. The minimum Gasteiger partial charge on any atom is -0.366 e. The van der Waals surface area contributed by atoms with Crippen molar-refractivity contribution in [2.75, 3.05) is 25.0 Å². The van der Waals surface area contributed by atoms with E-state index in [0.717, 1.165) is 31.3 Å². The molecule has 1 aliphatic rings. The molecule has 2 N–H and O–H groups in total. The van der Waals surface area contributed by atoms with Gasteiger partial charge in [0.15, 0.2) is 5.96 Å². The van der Waals surface area contributed by atoms with Gasteiger partial charge in [-0.3, -0.25) is 9.67 Å². The molecule has 1 aliphatic heterocycles. The number of aromatic nitrogens is 3. The van der Waals surface area contributed by atoms with E-state index in [-0.39, 0.29) is 24.0 Å². The number of nitrogens with zero attached hydrogens (tertiary/aromatic N) is 5. The average Bonchev–Trinajstić information content (AvgIpc) is 3.21. The summed E-state index contributed by atoms with van der Waals surface area (Å²) in [6.07, 6.45) is 2.68. The third-order valence-electron chi connectivity index (χ3n) is 4.46. The predicted octanol–water partition coefficient (Wildman–Crippen LogP) is 1.55. The first-order valence-corrected chi connectivity index (χ1v) is 8.31. The molecule has 2 heterocycles. The molecule has 0 radical (unpaired) electrons. The topological polar surface area (TPSA) is 70.4 Å². The maximum Gasteiger partial charge on any atom is 0.191 e. The molecule has 0 saturated heterocycles. The van der Waals surface area contributed by atoms with Gasteiger partial charge in [-0.2, -0.15) is 5.10 Å². The highest BCUT2D eigenvalue weighted by Crippen LogP contribution is 2.28. The van der Waals surface area contributed by atoms with Gasteiger partial charge in [0.1, 0.15) is 12.2 Å². The first-order valence-electron chi connectivity index (χ1n) is 8.31. The van der Waals surface area contributed by atoms with Crippen molar-refractivity contribution in [2.45, 2.75) is 25.9 Å². The third-order valence-corrected chi connectivity index (χ3v) is 4.46. The van der Waals surface area contributed by atoms with Crippen molar-refractivity contribution < 1.29 is 0 Å². The zero-order valence-corrected chi connectivity index (χ0v) is 17.3. The van der Waals surface area contributed by atoms with E-state index >= 15 is 0 Å². The summed E-state index contributed by atoms with van der Waals surface area (Å²) >= 11 is 0. The molecule has 1 atom stereocenters. The van der Waals surface area contributed by atoms with Crippen LogP contribution < -0.4 is 15.5 Å². The first kappa shape index (κ1) is 19.5. The zero-order valence-electron chi connectivity index (χ0n) is 14.9. The molecule has 0 aliphatic carbocycles. The molecule has 0 fully saturated rings. The van der Waals surface area contributed by atoms with E-state index in [1.165, 1.54) is 11.3 Å². The second-order valence-corrected chi connectivity index (χ2v) is 6.03. The molecule has 136 valence electrons. The first-order chi connectivity index (χ1) is 11.7. The van der Waals surface area contributed by atoms with E-state index in [2.05, 4.69) is 61.8 Å². The van der Waals surface area contributed by atoms with Crippen LogP contribution in [-0.4, -0.2) is 46.9 Å². The normalized spacial score (nSPS) is 14.7. The Hall–Kier alpha value is -1.84. The molecule has 25 heavy (non-hydrogen) atoms. The van der Waals surface area contributed by atoms with Crippen LogP contribution in [-0.2, 0) is 20.0 Å². The van der Waals surface area contributed by atoms with Crippen molar-refractivity contribution in [1.82, 2.24) is 25.4 Å². The summed E-state index contributed by atoms with van der Waals surface area (Å²) in [7, 11) is 3.66. The lowest BCUT2D eigenvalue weighted by Crippen LogP contribution is -2.45. The summed E-state index contributed by atoms with van der Waals surface area (Å²) in [5, 5.41) is 10.7. The van der Waals surface area contributed by atoms with E-state index < -0.39 is 0 Å². The van der Waals surface area contributed by atoms with Gasteiger partial charge < -0.3 is 15.5 Å². The Balaban J connectivity index is 0.00000225. The number of nitrogens with one attached hydrogen (secondary N) is 2. The Morgan fingerprint density at radius 3 is 2.84 bits per heavy atom. The Bertz CT molecular complexity index is 713. The summed E-state index contributed by atoms with van der Waals surface area (Å²) in [4.78, 5) is 10.9. The molecule has 1 unspecified atom stereocenters. The van der Waals surface area contributed by atoms with E-state index in [0.29, 0.717) is 12.6 Å². The van der Waals surface area contributed by atoms with Crippen molar-refractivity contribution in [3.8, 4) is 0 Å². The molecule has 7 nitrogen and oxygen atoms in total. The molecule has 0 spiro atoms. The van der Waals surface area contributed by atoms with Gasteiger partial charge in [-0.1, -0.05) is 18.2 Å². The van der Waals surface area contributed by atoms with Gasteiger partial charge in [0.25, 0.3) is 0 Å². The number of benzene rings is 1. The highest BCUT2D eigenvalue weighted by molar-refractivity contribution is 14.0. The van der Waals surface area contributed by atoms with Crippen LogP contribution in [0.2, 0.25) is 0 Å². The molecular weight excluding hydrogens is 429 g/mol. The molecule has 8 heteroatoms. The fraction of sp³-hybridized carbons (Fsp3) is 0.471. The number of hydrogen-bond acceptors (Lipinski definition) is 4. The lowest BCUT2D eigenvalue weighted by atomic mass is 10.2. The zero-order chi connectivity index (χ0) is 16.9. The maximum atomic E-state index is 4.28. The SMILES string of the molecule is CN=C(NCc1ncnn1C)NCC(C)N1CCc2ccccc21.I. The molecule has 3 rings (SSSR count). The van der Waals surface area contributed by atoms with Crippen LogP contribution >= 0.6 is 24.0 Å². The average molecular weight is 455 g/mol. The number of aliphatic imine (C=N–C) groups is 1. The number of anilines is 1. The third kappa shape index (κ3) is 4.62. The van der Waals surface area contributed by atoms with Gasteiger partial charge in [-0.15, -0.1) is 24.0 Å². The number of para-hydroxylation sites is 1. The molecule has 1 aromatic carbocycles. The Labute approximate surface area is 165 Å². The summed E-state index contributed by atoms with van der Waals surface area (Å²) in [5.41, 5.74) is 2.79. The smallest absolute Gasteiger partial charge is 0.191 e. The van der Waals surface area contributed by atoms with E-state index in [9.17, 15) is 0 Å². The van der Waals surface area contributed by atoms with Crippen LogP contribution in [0.25, 0.3) is 0 Å². The van der Waals surface area contributed by atoms with Crippen molar-refractivity contribution in [3.05, 3.63) is 42.0 Å². The number of hydrogen-bond donors (Lipinski definition) is 2. The maximum absolute atomic E-state index is 4.28. The Kier molecular flexibility index (Phi) is 7.03. The van der Waals surface area contributed by atoms with E-state index in [4.69, 9.17) is 0 Å². The van der Waals surface area contributed by atoms with Crippen molar-refractivity contribution in [1.29, 1.82) is 0 Å². The summed E-state index contributed by atoms with van der Waals surface area (Å²) in [6.45, 7) is 4.74. The molecule has 1 aromatic heterocycles. The van der Waals surface area contributed by atoms with Crippen molar-refractivity contribution in [2.24, 2.45) is 12.0 Å². The fourth-order valence-corrected chi connectivity index (χ4v) is 3.04. The minimum atomic E-state index is 0.